The summed E-state index contributed by atoms with van der Waals surface area (Å²) >= 11 is 4.22. The molecule has 0 saturated carbocycles. The first-order valence-corrected chi connectivity index (χ1v) is 21.0. The Labute approximate surface area is 284 Å². The molecule has 47 heavy (non-hydrogen) atoms. The number of aliphatic hydroxyl groups is 1. The lowest BCUT2D eigenvalue weighted by atomic mass is 9.90. The van der Waals surface area contributed by atoms with Gasteiger partial charge in [0.15, 0.2) is 23.2 Å². The van der Waals surface area contributed by atoms with E-state index in [2.05, 4.69) is 88.3 Å². The summed E-state index contributed by atoms with van der Waals surface area (Å²) in [5.74, 6) is 0.118. The van der Waals surface area contributed by atoms with E-state index in [0.717, 1.165) is 0 Å². The number of hydrogen-bond donors (Lipinski definition) is 3. The van der Waals surface area contributed by atoms with Crippen molar-refractivity contribution in [2.75, 3.05) is 24.5 Å². The number of nitrogens with zero attached hydrogens (tertiary/aromatic N) is 4. The van der Waals surface area contributed by atoms with Crippen LogP contribution in [-0.2, 0) is 22.4 Å². The molecule has 12 nitrogen and oxygen atoms in total. The van der Waals surface area contributed by atoms with Gasteiger partial charge in [0.1, 0.15) is 24.1 Å². The van der Waals surface area contributed by atoms with Crippen molar-refractivity contribution in [1.29, 1.82) is 0 Å². The van der Waals surface area contributed by atoms with E-state index in [1.807, 2.05) is 6.07 Å². The van der Waals surface area contributed by atoms with E-state index in [0.29, 0.717) is 16.7 Å². The van der Waals surface area contributed by atoms with Crippen LogP contribution in [-0.4, -0.2) is 84.6 Å². The Morgan fingerprint density at radius 2 is 1.70 bits per heavy atom. The third kappa shape index (κ3) is 6.58. The number of benzene rings is 1. The molecule has 2 N–H and O–H groups in total. The quantitative estimate of drug-likeness (QED) is 0.0950. The first-order valence-electron chi connectivity index (χ1n) is 16.4. The highest BCUT2D eigenvalue weighted by molar-refractivity contribution is 7.80. The summed E-state index contributed by atoms with van der Waals surface area (Å²) in [4.78, 5) is 26.4. The van der Waals surface area contributed by atoms with E-state index in [4.69, 9.17) is 22.4 Å². The number of imidazole rings is 1. The minimum atomic E-state index is -3.09. The van der Waals surface area contributed by atoms with Gasteiger partial charge in [-0.05, 0) is 34.3 Å². The zero-order valence-corrected chi connectivity index (χ0v) is 31.4. The fraction of sp³-hybridized carbons (Fsp3) is 0.625. The second-order valence-corrected chi connectivity index (χ2v) is 22.8. The first-order chi connectivity index (χ1) is 22.3. The highest BCUT2D eigenvalue weighted by Crippen LogP contribution is 2.52. The fourth-order valence-corrected chi connectivity index (χ4v) is 18.4. The average Bonchev–Trinajstić information content (AvgIpc) is 3.56. The van der Waals surface area contributed by atoms with Crippen molar-refractivity contribution >= 4 is 52.6 Å². The monoisotopic (exact) mass is 703 g/mol. The largest absolute Gasteiger partial charge is 0.414 e. The van der Waals surface area contributed by atoms with Gasteiger partial charge in [-0.1, -0.05) is 73.6 Å². The zero-order chi connectivity index (χ0) is 34.1. The molecule has 3 aromatic rings. The van der Waals surface area contributed by atoms with Crippen LogP contribution in [0.25, 0.3) is 11.2 Å². The van der Waals surface area contributed by atoms with Crippen LogP contribution in [0.2, 0.25) is 22.2 Å². The third-order valence-electron chi connectivity index (χ3n) is 9.50. The number of nitrogens with one attached hydrogen (secondary N) is 1. The predicted octanol–water partition coefficient (Wildman–Crippen LogP) is 5.96. The molecule has 0 aliphatic carbocycles. The van der Waals surface area contributed by atoms with Gasteiger partial charge in [-0.25, -0.2) is 15.0 Å². The molecule has 2 aliphatic rings. The standard InChI is InChI=1S/C32H49N5O7SSi2/c1-20(2)46(21(3)4)41-16-25-27(43-47(44-46,22(5)6)23(7)8)32(39,14-15-40-19-45)31(42-25)37-18-35-26-28(33-17-34-29(26)37)36-30(38)24-12-10-9-11-13-24/h9-13,17-18,20-23,25,27,31,39,45H,14-16,19H2,1-8H3,(H,33,34,36,38)/t25-,27-,31-,32+/m1/s1. The Kier molecular flexibility index (Phi) is 11.0. The lowest BCUT2D eigenvalue weighted by molar-refractivity contribution is -0.119. The summed E-state index contributed by atoms with van der Waals surface area (Å²) < 4.78 is 35.7. The minimum absolute atomic E-state index is 0.0591. The van der Waals surface area contributed by atoms with E-state index in [9.17, 15) is 9.90 Å². The van der Waals surface area contributed by atoms with Crippen molar-refractivity contribution in [3.8, 4) is 0 Å². The molecule has 0 radical (unpaired) electrons. The number of thiol groups is 1. The SMILES string of the molecule is CC(C)[Si]1(C(C)C)OC[C@H]2O[C@@H](n3cnc4c(NC(=O)c5ccccc5)ncnc43)[C@](O)(CCOCS)[C@@H]2O[Si](C(C)C)(C(C)C)O1. The molecular weight excluding hydrogens is 655 g/mol. The molecule has 0 bridgehead atoms. The van der Waals surface area contributed by atoms with Gasteiger partial charge in [-0.2, -0.15) is 12.6 Å². The molecule has 4 atom stereocenters. The van der Waals surface area contributed by atoms with Crippen LogP contribution < -0.4 is 5.32 Å². The van der Waals surface area contributed by atoms with Gasteiger partial charge < -0.3 is 32.9 Å². The number of rotatable bonds is 11. The summed E-state index contributed by atoms with van der Waals surface area (Å²) in [5.41, 5.74) is 0.0725. The van der Waals surface area contributed by atoms with Crippen LogP contribution in [0.3, 0.4) is 0 Å². The number of carbonyl (C=O) groups excluding carboxylic acids is 1. The summed E-state index contributed by atoms with van der Waals surface area (Å²) in [6.07, 6.45) is 0.710. The van der Waals surface area contributed by atoms with Crippen LogP contribution in [0.1, 0.15) is 78.4 Å². The molecule has 5 rings (SSSR count). The molecule has 2 fully saturated rings. The van der Waals surface area contributed by atoms with E-state index in [-0.39, 0.29) is 59.5 Å². The van der Waals surface area contributed by atoms with Crippen molar-refractivity contribution in [1.82, 2.24) is 19.5 Å². The number of anilines is 1. The zero-order valence-electron chi connectivity index (χ0n) is 28.5. The van der Waals surface area contributed by atoms with Crippen molar-refractivity contribution in [3.63, 3.8) is 0 Å². The first kappa shape index (κ1) is 36.1. The smallest absolute Gasteiger partial charge is 0.335 e. The summed E-state index contributed by atoms with van der Waals surface area (Å²) in [5, 5.41) is 15.7. The maximum absolute atomic E-state index is 13.0. The highest BCUT2D eigenvalue weighted by atomic mass is 32.1. The molecule has 4 heterocycles. The molecule has 1 aromatic carbocycles. The fourth-order valence-electron chi connectivity index (χ4n) is 7.00. The van der Waals surface area contributed by atoms with Crippen molar-refractivity contribution < 1.29 is 32.3 Å². The number of amides is 1. The Hall–Kier alpha value is -2.22. The van der Waals surface area contributed by atoms with Gasteiger partial charge in [-0.15, -0.1) is 0 Å². The van der Waals surface area contributed by atoms with Gasteiger partial charge in [0.2, 0.25) is 0 Å². The maximum Gasteiger partial charge on any atom is 0.335 e. The highest BCUT2D eigenvalue weighted by Gasteiger charge is 2.65. The number of ether oxygens (including phenoxy) is 2. The number of aromatic nitrogens is 4. The van der Waals surface area contributed by atoms with Crippen LogP contribution >= 0.6 is 12.6 Å². The molecule has 258 valence electrons. The minimum Gasteiger partial charge on any atom is -0.414 e. The van der Waals surface area contributed by atoms with Gasteiger partial charge in [0.05, 0.1) is 25.5 Å². The third-order valence-corrected chi connectivity index (χ3v) is 19.9. The Bertz CT molecular complexity index is 1510. The molecule has 15 heteroatoms. The Balaban J connectivity index is 1.59. The van der Waals surface area contributed by atoms with Crippen molar-refractivity contribution in [2.24, 2.45) is 0 Å². The lowest BCUT2D eigenvalue weighted by Crippen LogP contribution is -2.67. The molecule has 2 aromatic heterocycles. The lowest BCUT2D eigenvalue weighted by Gasteiger charge is -2.52. The van der Waals surface area contributed by atoms with Crippen molar-refractivity contribution in [2.45, 2.75) is 108 Å². The normalized spacial score (nSPS) is 25.8. The van der Waals surface area contributed by atoms with E-state index in [1.165, 1.54) is 6.33 Å². The van der Waals surface area contributed by atoms with Gasteiger partial charge in [0.25, 0.3) is 5.91 Å². The molecule has 2 saturated heterocycles. The number of hydrogen-bond acceptors (Lipinski definition) is 11. The summed E-state index contributed by atoms with van der Waals surface area (Å²) in [7, 11) is -5.93. The van der Waals surface area contributed by atoms with E-state index < -0.39 is 41.2 Å². The van der Waals surface area contributed by atoms with Gasteiger partial charge >= 0.3 is 17.1 Å². The summed E-state index contributed by atoms with van der Waals surface area (Å²) in [6, 6.07) is 8.87. The average molecular weight is 704 g/mol. The van der Waals surface area contributed by atoms with E-state index >= 15 is 0 Å². The van der Waals surface area contributed by atoms with Crippen molar-refractivity contribution in [3.05, 3.63) is 48.5 Å². The van der Waals surface area contributed by atoms with Gasteiger partial charge in [0, 0.05) is 12.0 Å². The second kappa shape index (κ2) is 14.3. The van der Waals surface area contributed by atoms with Crippen LogP contribution in [0.4, 0.5) is 5.82 Å². The molecule has 1 amide bonds. The Morgan fingerprint density at radius 3 is 2.32 bits per heavy atom. The second-order valence-electron chi connectivity index (χ2n) is 13.7. The molecule has 0 spiro atoms. The topological polar surface area (TPSA) is 139 Å². The van der Waals surface area contributed by atoms with Crippen LogP contribution in [0, 0.1) is 0 Å². The number of carbonyl (C=O) groups is 1. The van der Waals surface area contributed by atoms with Crippen LogP contribution in [0.15, 0.2) is 43.0 Å². The number of fused-ring (bicyclic) bond motifs is 2. The predicted molar refractivity (Wildman–Crippen MR) is 187 cm³/mol. The maximum atomic E-state index is 13.0. The van der Waals surface area contributed by atoms with E-state index in [1.54, 1.807) is 35.2 Å². The van der Waals surface area contributed by atoms with Crippen LogP contribution in [0.5, 0.6) is 0 Å². The molecule has 2 aliphatic heterocycles. The summed E-state index contributed by atoms with van der Waals surface area (Å²) in [6.45, 7) is 17.6. The molecule has 0 unspecified atom stereocenters. The van der Waals surface area contributed by atoms with Gasteiger partial charge in [-0.3, -0.25) is 9.36 Å². The Morgan fingerprint density at radius 1 is 1.04 bits per heavy atom. The molecular formula is C32H49N5O7SSi2.